The molecule has 0 fully saturated rings. The molecule has 1 aliphatic carbocycles. The first-order valence-electron chi connectivity index (χ1n) is 22.6. The Morgan fingerprint density at radius 2 is 1.05 bits per heavy atom. The summed E-state index contributed by atoms with van der Waals surface area (Å²) in [5.74, 6) is 2.86. The van der Waals surface area contributed by atoms with E-state index in [0.717, 1.165) is 95.6 Å². The van der Waals surface area contributed by atoms with Crippen LogP contribution in [0.2, 0.25) is 0 Å². The lowest BCUT2D eigenvalue weighted by atomic mass is 9.82. The zero-order valence-corrected chi connectivity index (χ0v) is 36.9. The van der Waals surface area contributed by atoms with E-state index in [2.05, 4.69) is 163 Å². The van der Waals surface area contributed by atoms with E-state index in [0.29, 0.717) is 6.54 Å². The third kappa shape index (κ3) is 6.34. The molecule has 5 heteroatoms. The van der Waals surface area contributed by atoms with E-state index in [1.165, 1.54) is 28.3 Å². The molecule has 2 heterocycles. The zero-order chi connectivity index (χ0) is 44.5. The largest absolute Gasteiger partial charge is 0.456 e. The molecule has 0 spiro atoms. The van der Waals surface area contributed by atoms with Crippen LogP contribution in [0.1, 0.15) is 31.9 Å². The van der Waals surface area contributed by atoms with E-state index >= 15 is 0 Å². The molecule has 0 amide bonds. The van der Waals surface area contributed by atoms with E-state index in [-0.39, 0.29) is 11.2 Å². The Kier molecular flexibility index (Phi) is 9.28. The fourth-order valence-corrected chi connectivity index (χ4v) is 10.4. The van der Waals surface area contributed by atoms with Gasteiger partial charge in [0.05, 0.1) is 0 Å². The van der Waals surface area contributed by atoms with Crippen LogP contribution in [0, 0.1) is 5.82 Å². The molecule has 3 aliphatic rings. The van der Waals surface area contributed by atoms with Crippen molar-refractivity contribution in [2.24, 2.45) is 0 Å². The van der Waals surface area contributed by atoms with Crippen molar-refractivity contribution in [3.63, 3.8) is 0 Å². The van der Waals surface area contributed by atoms with Gasteiger partial charge in [0, 0.05) is 80.0 Å². The highest BCUT2D eigenvalue weighted by molar-refractivity contribution is 6.14. The summed E-state index contributed by atoms with van der Waals surface area (Å²) in [5, 5.41) is 2.07. The minimum atomic E-state index is -0.278. The van der Waals surface area contributed by atoms with Crippen LogP contribution >= 0.6 is 0 Å². The van der Waals surface area contributed by atoms with E-state index in [1.807, 2.05) is 61.5 Å². The molecule has 4 nitrogen and oxygen atoms in total. The fraction of sp³-hybridized carbons (Fsp3) is 0.0820. The lowest BCUT2D eigenvalue weighted by Crippen LogP contribution is -2.18. The maximum atomic E-state index is 14.9. The van der Waals surface area contributed by atoms with Gasteiger partial charge in [0.1, 0.15) is 28.8 Å². The van der Waals surface area contributed by atoms with Gasteiger partial charge in [-0.15, -0.1) is 0 Å². The number of ether oxygens (including phenoxy) is 2. The first-order valence-corrected chi connectivity index (χ1v) is 22.6. The average Bonchev–Trinajstić information content (AvgIpc) is 3.58. The smallest absolute Gasteiger partial charge is 0.137 e. The number of rotatable bonds is 9. The highest BCUT2D eigenvalue weighted by atomic mass is 19.1. The van der Waals surface area contributed by atoms with Crippen molar-refractivity contribution in [1.82, 2.24) is 0 Å². The molecule has 0 saturated carbocycles. The first-order chi connectivity index (χ1) is 32.4. The number of benzene rings is 9. The number of halogens is 1. The van der Waals surface area contributed by atoms with Gasteiger partial charge >= 0.3 is 0 Å². The van der Waals surface area contributed by atoms with Crippen LogP contribution in [0.25, 0.3) is 55.3 Å². The Morgan fingerprint density at radius 1 is 0.470 bits per heavy atom. The number of nitrogens with zero attached hydrogens (tertiary/aromatic N) is 2. The van der Waals surface area contributed by atoms with Gasteiger partial charge in [-0.1, -0.05) is 117 Å². The summed E-state index contributed by atoms with van der Waals surface area (Å²) in [6.07, 6.45) is 8.17. The van der Waals surface area contributed by atoms with Crippen LogP contribution in [0.15, 0.2) is 206 Å². The second-order valence-corrected chi connectivity index (χ2v) is 17.7. The SMILES string of the molecule is C/C=C\C=C/CN(c1ccc2c(c1)Oc1ccc3c4c(ccc-2c14)Oc1cc(N(c2ccccc2)c2ccc4c(c2)C(C)(C)c2ccccc2-4)ccc1-3)c1ccc(F)cc1-c1ccccc1. The lowest BCUT2D eigenvalue weighted by molar-refractivity contribution is 0.480. The average molecular weight is 857 g/mol. The minimum Gasteiger partial charge on any atom is -0.456 e. The molecule has 318 valence electrons. The molecule has 0 radical (unpaired) electrons. The monoisotopic (exact) mass is 856 g/mol. The molecule has 0 bridgehead atoms. The van der Waals surface area contributed by atoms with Crippen molar-refractivity contribution in [1.29, 1.82) is 0 Å². The van der Waals surface area contributed by atoms with Crippen LogP contribution in [-0.2, 0) is 5.41 Å². The maximum Gasteiger partial charge on any atom is 0.137 e. The van der Waals surface area contributed by atoms with Gasteiger partial charge in [0.15, 0.2) is 0 Å². The molecular weight excluding hydrogens is 812 g/mol. The Bertz CT molecular complexity index is 3460. The van der Waals surface area contributed by atoms with Gasteiger partial charge in [-0.25, -0.2) is 4.39 Å². The maximum absolute atomic E-state index is 14.9. The van der Waals surface area contributed by atoms with Crippen LogP contribution in [0.3, 0.4) is 0 Å². The molecular formula is C61H45FN2O2. The molecule has 0 saturated heterocycles. The topological polar surface area (TPSA) is 24.9 Å². The molecule has 12 rings (SSSR count). The van der Waals surface area contributed by atoms with Gasteiger partial charge in [-0.05, 0) is 137 Å². The highest BCUT2D eigenvalue weighted by Crippen LogP contribution is 2.57. The van der Waals surface area contributed by atoms with E-state index in [1.54, 1.807) is 6.07 Å². The number of fused-ring (bicyclic) bond motifs is 7. The second kappa shape index (κ2) is 15.5. The summed E-state index contributed by atoms with van der Waals surface area (Å²) in [5.41, 5.74) is 16.2. The highest BCUT2D eigenvalue weighted by Gasteiger charge is 2.36. The molecule has 0 atom stereocenters. The normalized spacial score (nSPS) is 13.5. The van der Waals surface area contributed by atoms with Crippen molar-refractivity contribution in [3.05, 3.63) is 223 Å². The van der Waals surface area contributed by atoms with Crippen molar-refractivity contribution >= 4 is 39.2 Å². The predicted octanol–water partition coefficient (Wildman–Crippen LogP) is 17.2. The predicted molar refractivity (Wildman–Crippen MR) is 270 cm³/mol. The molecule has 0 aromatic heterocycles. The van der Waals surface area contributed by atoms with E-state index < -0.39 is 0 Å². The summed E-state index contributed by atoms with van der Waals surface area (Å²) >= 11 is 0. The lowest BCUT2D eigenvalue weighted by Gasteiger charge is -2.31. The van der Waals surface area contributed by atoms with Gasteiger partial charge in [0.2, 0.25) is 0 Å². The Morgan fingerprint density at radius 3 is 1.74 bits per heavy atom. The Hall–Kier alpha value is -8.15. The Labute approximate surface area is 384 Å². The van der Waals surface area contributed by atoms with Crippen LogP contribution < -0.4 is 19.3 Å². The first kappa shape index (κ1) is 39.4. The number of hydrogen-bond donors (Lipinski definition) is 0. The number of para-hydroxylation sites is 1. The zero-order valence-electron chi connectivity index (χ0n) is 36.9. The third-order valence-electron chi connectivity index (χ3n) is 13.5. The quantitative estimate of drug-likeness (QED) is 0.135. The van der Waals surface area contributed by atoms with Crippen LogP contribution in [0.5, 0.6) is 23.0 Å². The van der Waals surface area contributed by atoms with Crippen molar-refractivity contribution in [3.8, 4) is 67.5 Å². The van der Waals surface area contributed by atoms with E-state index in [4.69, 9.17) is 9.47 Å². The van der Waals surface area contributed by atoms with Crippen molar-refractivity contribution < 1.29 is 13.9 Å². The van der Waals surface area contributed by atoms with Crippen LogP contribution in [0.4, 0.5) is 32.8 Å². The van der Waals surface area contributed by atoms with Crippen LogP contribution in [-0.4, -0.2) is 6.54 Å². The number of anilines is 5. The standard InChI is InChI=1S/C61H45FN2O2/c1-4-5-6-15-34-63(54-31-22-40(62)35-51(54)39-16-9-7-10-17-39)42-23-27-47-49-29-33-56-60-50(30-32-55(59(49)60)65-57(47)37-42)48-28-25-44(38-58(48)66-56)64(41-18-11-8-12-19-41)43-24-26-46-45-20-13-14-21-52(45)61(2,3)53(46)36-43/h4-33,35-38H,34H2,1-3H3/b5-4-,15-6-. The molecule has 9 aromatic rings. The summed E-state index contributed by atoms with van der Waals surface area (Å²) < 4.78 is 28.7. The molecule has 0 N–H and O–H groups in total. The van der Waals surface area contributed by atoms with Gasteiger partial charge in [-0.2, -0.15) is 0 Å². The summed E-state index contributed by atoms with van der Waals surface area (Å²) in [4.78, 5) is 4.54. The molecule has 9 aromatic carbocycles. The third-order valence-corrected chi connectivity index (χ3v) is 13.5. The molecule has 2 aliphatic heterocycles. The van der Waals surface area contributed by atoms with Gasteiger partial charge in [0.25, 0.3) is 0 Å². The number of hydrogen-bond acceptors (Lipinski definition) is 4. The Balaban J connectivity index is 0.926. The minimum absolute atomic E-state index is 0.126. The van der Waals surface area contributed by atoms with Gasteiger partial charge < -0.3 is 19.3 Å². The van der Waals surface area contributed by atoms with Crippen molar-refractivity contribution in [2.45, 2.75) is 26.2 Å². The summed E-state index contributed by atoms with van der Waals surface area (Å²) in [6.45, 7) is 7.22. The summed E-state index contributed by atoms with van der Waals surface area (Å²) in [6, 6.07) is 62.7. The van der Waals surface area contributed by atoms with E-state index in [9.17, 15) is 4.39 Å². The fourth-order valence-electron chi connectivity index (χ4n) is 10.4. The number of allylic oxidation sites excluding steroid dienone is 3. The second-order valence-electron chi connectivity index (χ2n) is 17.7. The molecule has 66 heavy (non-hydrogen) atoms. The summed E-state index contributed by atoms with van der Waals surface area (Å²) in [7, 11) is 0. The van der Waals surface area contributed by atoms with Gasteiger partial charge in [-0.3, -0.25) is 0 Å². The van der Waals surface area contributed by atoms with Crippen molar-refractivity contribution in [2.75, 3.05) is 16.3 Å². The molecule has 0 unspecified atom stereocenters.